The highest BCUT2D eigenvalue weighted by molar-refractivity contribution is 5.98. The monoisotopic (exact) mass is 277 g/mol. The molecule has 1 fully saturated rings. The van der Waals surface area contributed by atoms with Crippen molar-refractivity contribution in [3.8, 4) is 0 Å². The molecule has 0 aromatic heterocycles. The summed E-state index contributed by atoms with van der Waals surface area (Å²) < 4.78 is 5.27. The number of oxime groups is 1. The van der Waals surface area contributed by atoms with Crippen LogP contribution in [0.15, 0.2) is 23.4 Å². The minimum Gasteiger partial charge on any atom is -0.409 e. The average Bonchev–Trinajstić information content (AvgIpc) is 2.47. The Morgan fingerprint density at radius 1 is 1.55 bits per heavy atom. The van der Waals surface area contributed by atoms with Crippen molar-refractivity contribution in [2.75, 3.05) is 31.7 Å². The van der Waals surface area contributed by atoms with Gasteiger partial charge in [0, 0.05) is 31.5 Å². The number of amidine groups is 1. The Kier molecular flexibility index (Phi) is 4.84. The first kappa shape index (κ1) is 14.7. The maximum atomic E-state index is 8.76. The molecule has 0 aliphatic carbocycles. The number of rotatable bonds is 4. The van der Waals surface area contributed by atoms with Gasteiger partial charge in [-0.05, 0) is 49.4 Å². The van der Waals surface area contributed by atoms with Crippen molar-refractivity contribution >= 4 is 11.5 Å². The summed E-state index contributed by atoms with van der Waals surface area (Å²) in [6.45, 7) is 4.89. The number of nitrogens with two attached hydrogens (primary N) is 1. The summed E-state index contributed by atoms with van der Waals surface area (Å²) >= 11 is 0. The van der Waals surface area contributed by atoms with Gasteiger partial charge in [0.15, 0.2) is 5.84 Å². The Bertz CT molecular complexity index is 486. The predicted octanol–water partition coefficient (Wildman–Crippen LogP) is 1.95. The van der Waals surface area contributed by atoms with Crippen LogP contribution in [0.1, 0.15) is 24.0 Å². The molecule has 20 heavy (non-hydrogen) atoms. The molecular weight excluding hydrogens is 254 g/mol. The molecule has 0 radical (unpaired) electrons. The number of piperidine rings is 1. The van der Waals surface area contributed by atoms with Crippen molar-refractivity contribution in [1.82, 2.24) is 0 Å². The van der Waals surface area contributed by atoms with Crippen molar-refractivity contribution in [3.63, 3.8) is 0 Å². The van der Waals surface area contributed by atoms with Crippen molar-refractivity contribution < 1.29 is 9.94 Å². The molecule has 0 spiro atoms. The molecule has 110 valence electrons. The van der Waals surface area contributed by atoms with Gasteiger partial charge in [-0.2, -0.15) is 0 Å². The van der Waals surface area contributed by atoms with Crippen LogP contribution in [-0.2, 0) is 4.74 Å². The lowest BCUT2D eigenvalue weighted by Crippen LogP contribution is -2.37. The third kappa shape index (κ3) is 3.22. The maximum Gasteiger partial charge on any atom is 0.170 e. The molecule has 0 saturated carbocycles. The van der Waals surface area contributed by atoms with Crippen LogP contribution in [0.5, 0.6) is 0 Å². The zero-order valence-electron chi connectivity index (χ0n) is 12.2. The molecule has 1 aromatic rings. The number of hydrogen-bond acceptors (Lipinski definition) is 4. The first-order chi connectivity index (χ1) is 9.65. The van der Waals surface area contributed by atoms with E-state index in [1.165, 1.54) is 18.5 Å². The van der Waals surface area contributed by atoms with Gasteiger partial charge in [0.25, 0.3) is 0 Å². The van der Waals surface area contributed by atoms with Gasteiger partial charge in [-0.15, -0.1) is 0 Å². The van der Waals surface area contributed by atoms with E-state index < -0.39 is 0 Å². The van der Waals surface area contributed by atoms with Gasteiger partial charge in [-0.25, -0.2) is 0 Å². The van der Waals surface area contributed by atoms with E-state index in [4.69, 9.17) is 15.7 Å². The molecular formula is C15H23N3O2. The maximum absolute atomic E-state index is 8.76. The smallest absolute Gasteiger partial charge is 0.170 e. The molecule has 5 nitrogen and oxygen atoms in total. The van der Waals surface area contributed by atoms with E-state index in [-0.39, 0.29) is 5.84 Å². The number of aryl methyl sites for hydroxylation is 1. The van der Waals surface area contributed by atoms with E-state index >= 15 is 0 Å². The summed E-state index contributed by atoms with van der Waals surface area (Å²) in [6, 6.07) is 6.05. The Labute approximate surface area is 120 Å². The van der Waals surface area contributed by atoms with E-state index in [2.05, 4.69) is 16.1 Å². The van der Waals surface area contributed by atoms with E-state index in [1.807, 2.05) is 19.1 Å². The van der Waals surface area contributed by atoms with Crippen LogP contribution in [0.2, 0.25) is 0 Å². The summed E-state index contributed by atoms with van der Waals surface area (Å²) in [5.74, 6) is 0.753. The van der Waals surface area contributed by atoms with Crippen LogP contribution in [0.3, 0.4) is 0 Å². The van der Waals surface area contributed by atoms with Crippen LogP contribution in [0.25, 0.3) is 0 Å². The lowest BCUT2D eigenvalue weighted by Gasteiger charge is -2.34. The second-order valence-electron chi connectivity index (χ2n) is 5.39. The second-order valence-corrected chi connectivity index (χ2v) is 5.39. The normalized spacial score (nSPS) is 20.2. The van der Waals surface area contributed by atoms with Crippen LogP contribution < -0.4 is 10.6 Å². The molecule has 1 unspecified atom stereocenters. The molecule has 1 saturated heterocycles. The summed E-state index contributed by atoms with van der Waals surface area (Å²) in [4.78, 5) is 2.39. The molecule has 3 N–H and O–H groups in total. The Hall–Kier alpha value is -1.75. The molecule has 1 aliphatic rings. The number of ether oxygens (including phenoxy) is 1. The molecule has 0 bridgehead atoms. The summed E-state index contributed by atoms with van der Waals surface area (Å²) in [5, 5.41) is 11.8. The molecule has 1 atom stereocenters. The van der Waals surface area contributed by atoms with Crippen LogP contribution >= 0.6 is 0 Å². The minimum absolute atomic E-state index is 0.157. The van der Waals surface area contributed by atoms with Crippen LogP contribution in [0.4, 0.5) is 5.69 Å². The van der Waals surface area contributed by atoms with Crippen molar-refractivity contribution in [2.45, 2.75) is 19.8 Å². The van der Waals surface area contributed by atoms with Gasteiger partial charge < -0.3 is 20.6 Å². The van der Waals surface area contributed by atoms with Gasteiger partial charge in [-0.1, -0.05) is 5.16 Å². The van der Waals surface area contributed by atoms with E-state index in [0.29, 0.717) is 5.92 Å². The first-order valence-corrected chi connectivity index (χ1v) is 6.98. The highest BCUT2D eigenvalue weighted by Crippen LogP contribution is 2.25. The van der Waals surface area contributed by atoms with Gasteiger partial charge >= 0.3 is 0 Å². The van der Waals surface area contributed by atoms with Crippen molar-refractivity contribution in [2.24, 2.45) is 16.8 Å². The third-order valence-electron chi connectivity index (χ3n) is 3.88. The number of hydrogen-bond donors (Lipinski definition) is 2. The predicted molar refractivity (Wildman–Crippen MR) is 80.5 cm³/mol. The van der Waals surface area contributed by atoms with Crippen LogP contribution in [0, 0.1) is 12.8 Å². The number of methoxy groups -OCH3 is 1. The number of benzene rings is 1. The average molecular weight is 277 g/mol. The molecule has 1 aliphatic heterocycles. The first-order valence-electron chi connectivity index (χ1n) is 6.98. The lowest BCUT2D eigenvalue weighted by atomic mass is 9.97. The minimum atomic E-state index is 0.157. The van der Waals surface area contributed by atoms with Crippen LogP contribution in [-0.4, -0.2) is 37.8 Å². The third-order valence-corrected chi connectivity index (χ3v) is 3.88. The fourth-order valence-electron chi connectivity index (χ4n) is 2.86. The molecule has 0 amide bonds. The fraction of sp³-hybridized carbons (Fsp3) is 0.533. The molecule has 5 heteroatoms. The topological polar surface area (TPSA) is 71.1 Å². The van der Waals surface area contributed by atoms with E-state index in [0.717, 1.165) is 30.8 Å². The lowest BCUT2D eigenvalue weighted by molar-refractivity contribution is 0.143. The SMILES string of the molecule is COCC1CCCN(c2ccc(/C(N)=N/O)c(C)c2)C1. The fourth-order valence-corrected chi connectivity index (χ4v) is 2.86. The summed E-state index contributed by atoms with van der Waals surface area (Å²) in [7, 11) is 1.76. The van der Waals surface area contributed by atoms with Crippen molar-refractivity contribution in [1.29, 1.82) is 0 Å². The molecule has 1 heterocycles. The van der Waals surface area contributed by atoms with Gasteiger partial charge in [0.05, 0.1) is 6.61 Å². The van der Waals surface area contributed by atoms with Gasteiger partial charge in [0.1, 0.15) is 0 Å². The second kappa shape index (κ2) is 6.61. The zero-order chi connectivity index (χ0) is 14.5. The highest BCUT2D eigenvalue weighted by Gasteiger charge is 2.20. The number of nitrogens with zero attached hydrogens (tertiary/aromatic N) is 2. The Morgan fingerprint density at radius 2 is 2.35 bits per heavy atom. The molecule has 1 aromatic carbocycles. The largest absolute Gasteiger partial charge is 0.409 e. The highest BCUT2D eigenvalue weighted by atomic mass is 16.5. The van der Waals surface area contributed by atoms with E-state index in [9.17, 15) is 0 Å². The Balaban J connectivity index is 2.15. The Morgan fingerprint density at radius 3 is 3.00 bits per heavy atom. The van der Waals surface area contributed by atoms with Gasteiger partial charge in [0.2, 0.25) is 0 Å². The number of anilines is 1. The van der Waals surface area contributed by atoms with Crippen molar-refractivity contribution in [3.05, 3.63) is 29.3 Å². The van der Waals surface area contributed by atoms with E-state index in [1.54, 1.807) is 7.11 Å². The van der Waals surface area contributed by atoms with Gasteiger partial charge in [-0.3, -0.25) is 0 Å². The zero-order valence-corrected chi connectivity index (χ0v) is 12.2. The summed E-state index contributed by atoms with van der Waals surface area (Å²) in [5.41, 5.74) is 8.65. The summed E-state index contributed by atoms with van der Waals surface area (Å²) in [6.07, 6.45) is 2.42. The molecule has 2 rings (SSSR count). The quantitative estimate of drug-likeness (QED) is 0.382. The standard InChI is InChI=1S/C15H23N3O2/c1-11-8-13(5-6-14(11)15(16)17-19)18-7-3-4-12(9-18)10-20-2/h5-6,8,12,19H,3-4,7,9-10H2,1-2H3,(H2,16,17).